The number of hydrogen-bond donors (Lipinski definition) is 0. The SMILES string of the molecule is O=C(c1cc(C2CC2)on1)N1CCC[C@@H]1[C@H]1CCCN1Cc1ccccc1. The van der Waals surface area contributed by atoms with Gasteiger partial charge in [-0.25, -0.2) is 0 Å². The van der Waals surface area contributed by atoms with Gasteiger partial charge in [-0.1, -0.05) is 35.5 Å². The molecule has 3 fully saturated rings. The predicted molar refractivity (Wildman–Crippen MR) is 102 cm³/mol. The van der Waals surface area contributed by atoms with Crippen LogP contribution in [0.2, 0.25) is 0 Å². The van der Waals surface area contributed by atoms with Gasteiger partial charge in [0.15, 0.2) is 5.69 Å². The Morgan fingerprint density at radius 2 is 1.81 bits per heavy atom. The molecule has 0 spiro atoms. The van der Waals surface area contributed by atoms with E-state index in [9.17, 15) is 4.79 Å². The zero-order valence-corrected chi connectivity index (χ0v) is 15.7. The summed E-state index contributed by atoms with van der Waals surface area (Å²) >= 11 is 0. The highest BCUT2D eigenvalue weighted by Gasteiger charge is 2.41. The van der Waals surface area contributed by atoms with E-state index in [0.29, 0.717) is 23.7 Å². The molecule has 3 heterocycles. The van der Waals surface area contributed by atoms with Gasteiger partial charge in [-0.3, -0.25) is 9.69 Å². The third kappa shape index (κ3) is 3.41. The van der Waals surface area contributed by atoms with Crippen molar-refractivity contribution in [3.05, 3.63) is 53.4 Å². The minimum Gasteiger partial charge on any atom is -0.360 e. The smallest absolute Gasteiger partial charge is 0.276 e. The van der Waals surface area contributed by atoms with Crippen molar-refractivity contribution in [2.24, 2.45) is 0 Å². The highest BCUT2D eigenvalue weighted by molar-refractivity contribution is 5.92. The van der Waals surface area contributed by atoms with Crippen LogP contribution in [0.25, 0.3) is 0 Å². The summed E-state index contributed by atoms with van der Waals surface area (Å²) in [7, 11) is 0. The fourth-order valence-electron chi connectivity index (χ4n) is 4.84. The molecule has 5 nitrogen and oxygen atoms in total. The fraction of sp³-hybridized carbons (Fsp3) is 0.545. The van der Waals surface area contributed by atoms with Gasteiger partial charge in [0.2, 0.25) is 0 Å². The molecule has 0 unspecified atom stereocenters. The highest BCUT2D eigenvalue weighted by atomic mass is 16.5. The molecule has 1 aliphatic carbocycles. The van der Waals surface area contributed by atoms with Gasteiger partial charge in [-0.05, 0) is 50.6 Å². The van der Waals surface area contributed by atoms with Crippen LogP contribution in [0.4, 0.5) is 0 Å². The lowest BCUT2D eigenvalue weighted by molar-refractivity contribution is 0.0629. The highest BCUT2D eigenvalue weighted by Crippen LogP contribution is 2.40. The molecule has 1 amide bonds. The molecule has 0 bridgehead atoms. The first-order valence-corrected chi connectivity index (χ1v) is 10.3. The molecule has 5 heteroatoms. The standard InChI is InChI=1S/C22H27N3O2/c26-22(18-14-21(27-23-18)17-10-11-17)25-13-5-9-20(25)19-8-4-12-24(19)15-16-6-2-1-3-7-16/h1-3,6-7,14,17,19-20H,4-5,8-13,15H2/t19-,20-/m1/s1. The minimum atomic E-state index is 0.0553. The van der Waals surface area contributed by atoms with Gasteiger partial charge in [0, 0.05) is 37.2 Å². The van der Waals surface area contributed by atoms with E-state index < -0.39 is 0 Å². The monoisotopic (exact) mass is 365 g/mol. The maximum absolute atomic E-state index is 13.1. The number of amides is 1. The summed E-state index contributed by atoms with van der Waals surface area (Å²) in [6, 6.07) is 13.3. The third-order valence-electron chi connectivity index (χ3n) is 6.37. The molecule has 0 N–H and O–H groups in total. The molecular formula is C22H27N3O2. The van der Waals surface area contributed by atoms with Crippen molar-refractivity contribution >= 4 is 5.91 Å². The van der Waals surface area contributed by atoms with Crippen LogP contribution in [0.5, 0.6) is 0 Å². The maximum atomic E-state index is 13.1. The molecule has 1 saturated carbocycles. The van der Waals surface area contributed by atoms with E-state index >= 15 is 0 Å². The van der Waals surface area contributed by atoms with Gasteiger partial charge in [0.05, 0.1) is 0 Å². The lowest BCUT2D eigenvalue weighted by atomic mass is 10.0. The van der Waals surface area contributed by atoms with Crippen LogP contribution in [0, 0.1) is 0 Å². The number of likely N-dealkylation sites (tertiary alicyclic amines) is 2. The molecule has 2 saturated heterocycles. The van der Waals surface area contributed by atoms with Crippen molar-refractivity contribution in [2.75, 3.05) is 13.1 Å². The van der Waals surface area contributed by atoms with Crippen molar-refractivity contribution in [3.8, 4) is 0 Å². The van der Waals surface area contributed by atoms with Crippen LogP contribution >= 0.6 is 0 Å². The first-order chi connectivity index (χ1) is 13.3. The van der Waals surface area contributed by atoms with Crippen LogP contribution < -0.4 is 0 Å². The summed E-state index contributed by atoms with van der Waals surface area (Å²) in [5.41, 5.74) is 1.85. The van der Waals surface area contributed by atoms with Crippen molar-refractivity contribution in [2.45, 2.75) is 63.1 Å². The van der Waals surface area contributed by atoms with Crippen molar-refractivity contribution in [1.29, 1.82) is 0 Å². The van der Waals surface area contributed by atoms with Gasteiger partial charge in [-0.15, -0.1) is 0 Å². The molecule has 1 aromatic heterocycles. The van der Waals surface area contributed by atoms with Crippen LogP contribution in [0.3, 0.4) is 0 Å². The molecule has 2 aliphatic heterocycles. The second-order valence-corrected chi connectivity index (χ2v) is 8.26. The third-order valence-corrected chi connectivity index (χ3v) is 6.37. The van der Waals surface area contributed by atoms with E-state index in [2.05, 4.69) is 45.3 Å². The topological polar surface area (TPSA) is 49.6 Å². The Morgan fingerprint density at radius 3 is 2.63 bits per heavy atom. The summed E-state index contributed by atoms with van der Waals surface area (Å²) in [5, 5.41) is 4.09. The van der Waals surface area contributed by atoms with Gasteiger partial charge in [0.25, 0.3) is 5.91 Å². The normalized spacial score (nSPS) is 26.0. The quantitative estimate of drug-likeness (QED) is 0.808. The minimum absolute atomic E-state index is 0.0553. The van der Waals surface area contributed by atoms with E-state index in [1.807, 2.05) is 6.07 Å². The lowest BCUT2D eigenvalue weighted by Gasteiger charge is -2.34. The zero-order chi connectivity index (χ0) is 18.2. The first-order valence-electron chi connectivity index (χ1n) is 10.3. The van der Waals surface area contributed by atoms with Crippen molar-refractivity contribution in [3.63, 3.8) is 0 Å². The van der Waals surface area contributed by atoms with E-state index in [0.717, 1.165) is 51.1 Å². The second-order valence-electron chi connectivity index (χ2n) is 8.26. The van der Waals surface area contributed by atoms with Crippen LogP contribution in [-0.4, -0.2) is 46.0 Å². The Labute approximate surface area is 160 Å². The summed E-state index contributed by atoms with van der Waals surface area (Å²) in [6.45, 7) is 2.93. The second kappa shape index (κ2) is 7.12. The summed E-state index contributed by atoms with van der Waals surface area (Å²) in [6.07, 6.45) is 6.88. The Bertz CT molecular complexity index is 799. The average molecular weight is 365 g/mol. The number of aromatic nitrogens is 1. The largest absolute Gasteiger partial charge is 0.360 e. The molecule has 27 heavy (non-hydrogen) atoms. The fourth-order valence-corrected chi connectivity index (χ4v) is 4.84. The van der Waals surface area contributed by atoms with Gasteiger partial charge in [-0.2, -0.15) is 0 Å². The summed E-state index contributed by atoms with van der Waals surface area (Å²) in [4.78, 5) is 17.8. The van der Waals surface area contributed by atoms with E-state index in [4.69, 9.17) is 4.52 Å². The van der Waals surface area contributed by atoms with Crippen LogP contribution in [0.15, 0.2) is 40.9 Å². The molecular weight excluding hydrogens is 338 g/mol. The van der Waals surface area contributed by atoms with Crippen LogP contribution in [0.1, 0.15) is 66.3 Å². The molecule has 2 aromatic rings. The number of nitrogens with zero attached hydrogens (tertiary/aromatic N) is 3. The van der Waals surface area contributed by atoms with E-state index in [1.54, 1.807) is 0 Å². The van der Waals surface area contributed by atoms with Gasteiger partial charge in [0.1, 0.15) is 5.76 Å². The molecule has 3 aliphatic rings. The Balaban J connectivity index is 1.31. The number of carbonyl (C=O) groups excluding carboxylic acids is 1. The first kappa shape index (κ1) is 17.0. The number of rotatable bonds is 5. The lowest BCUT2D eigenvalue weighted by Crippen LogP contribution is -2.48. The van der Waals surface area contributed by atoms with Crippen LogP contribution in [-0.2, 0) is 6.54 Å². The molecule has 1 aromatic carbocycles. The Morgan fingerprint density at radius 1 is 1.04 bits per heavy atom. The average Bonchev–Trinajstić information content (AvgIpc) is 3.11. The summed E-state index contributed by atoms with van der Waals surface area (Å²) in [5.74, 6) is 1.44. The molecule has 5 rings (SSSR count). The van der Waals surface area contributed by atoms with E-state index in [-0.39, 0.29) is 5.91 Å². The van der Waals surface area contributed by atoms with Gasteiger partial charge < -0.3 is 9.42 Å². The van der Waals surface area contributed by atoms with Crippen molar-refractivity contribution < 1.29 is 9.32 Å². The maximum Gasteiger partial charge on any atom is 0.276 e. The van der Waals surface area contributed by atoms with E-state index in [1.165, 1.54) is 18.4 Å². The number of carbonyl (C=O) groups is 1. The predicted octanol–water partition coefficient (Wildman–Crippen LogP) is 3.82. The molecule has 0 radical (unpaired) electrons. The zero-order valence-electron chi connectivity index (χ0n) is 15.7. The molecule has 2 atom stereocenters. The number of benzene rings is 1. The summed E-state index contributed by atoms with van der Waals surface area (Å²) < 4.78 is 5.42. The number of hydrogen-bond acceptors (Lipinski definition) is 4. The molecule has 142 valence electrons. The Kier molecular flexibility index (Phi) is 4.48. The van der Waals surface area contributed by atoms with Crippen molar-refractivity contribution in [1.82, 2.24) is 15.0 Å². The Hall–Kier alpha value is -2.14. The van der Waals surface area contributed by atoms with Gasteiger partial charge >= 0.3 is 0 Å².